The third-order valence-corrected chi connectivity index (χ3v) is 3.56. The van der Waals surface area contributed by atoms with Crippen LogP contribution in [0.15, 0.2) is 23.1 Å². The summed E-state index contributed by atoms with van der Waals surface area (Å²) in [6.07, 6.45) is -4.39. The SMILES string of the molecule is COCCNCc1ccc(SCCO)c(C(F)(F)F)c1. The highest BCUT2D eigenvalue weighted by Gasteiger charge is 2.33. The highest BCUT2D eigenvalue weighted by molar-refractivity contribution is 7.99. The summed E-state index contributed by atoms with van der Waals surface area (Å²) in [6.45, 7) is 1.30. The topological polar surface area (TPSA) is 41.5 Å². The highest BCUT2D eigenvalue weighted by Crippen LogP contribution is 2.37. The maximum absolute atomic E-state index is 13.0. The number of benzene rings is 1. The zero-order valence-corrected chi connectivity index (χ0v) is 12.0. The minimum absolute atomic E-state index is 0.146. The van der Waals surface area contributed by atoms with Gasteiger partial charge in [-0.25, -0.2) is 0 Å². The van der Waals surface area contributed by atoms with Gasteiger partial charge in [0.2, 0.25) is 0 Å². The van der Waals surface area contributed by atoms with Crippen molar-refractivity contribution in [3.63, 3.8) is 0 Å². The minimum atomic E-state index is -4.39. The monoisotopic (exact) mass is 309 g/mol. The van der Waals surface area contributed by atoms with Crippen molar-refractivity contribution in [1.29, 1.82) is 0 Å². The van der Waals surface area contributed by atoms with E-state index in [4.69, 9.17) is 9.84 Å². The summed E-state index contributed by atoms with van der Waals surface area (Å²) >= 11 is 1.00. The van der Waals surface area contributed by atoms with Gasteiger partial charge >= 0.3 is 6.18 Å². The number of alkyl halides is 3. The molecule has 114 valence electrons. The van der Waals surface area contributed by atoms with Gasteiger partial charge in [0.25, 0.3) is 0 Å². The summed E-state index contributed by atoms with van der Waals surface area (Å²) in [4.78, 5) is 0.146. The van der Waals surface area contributed by atoms with Crippen molar-refractivity contribution in [2.75, 3.05) is 32.6 Å². The zero-order chi connectivity index (χ0) is 15.0. The second-order valence-electron chi connectivity index (χ2n) is 4.07. The molecule has 0 aromatic heterocycles. The smallest absolute Gasteiger partial charge is 0.396 e. The second kappa shape index (κ2) is 8.51. The molecular weight excluding hydrogens is 291 g/mol. The van der Waals surface area contributed by atoms with Crippen LogP contribution >= 0.6 is 11.8 Å². The molecule has 0 saturated carbocycles. The highest BCUT2D eigenvalue weighted by atomic mass is 32.2. The van der Waals surface area contributed by atoms with Crippen LogP contribution in [0.1, 0.15) is 11.1 Å². The number of ether oxygens (including phenoxy) is 1. The zero-order valence-electron chi connectivity index (χ0n) is 11.2. The fraction of sp³-hybridized carbons (Fsp3) is 0.538. The lowest BCUT2D eigenvalue weighted by Crippen LogP contribution is -2.19. The Hall–Kier alpha value is -0.760. The number of rotatable bonds is 8. The first-order chi connectivity index (χ1) is 9.49. The molecule has 1 aromatic rings. The molecule has 2 N–H and O–H groups in total. The standard InChI is InChI=1S/C13H18F3NO2S/c1-19-6-4-17-9-10-2-3-12(20-7-5-18)11(8-10)13(14,15)16/h2-3,8,17-18H,4-7,9H2,1H3. The number of hydrogen-bond donors (Lipinski definition) is 2. The van der Waals surface area contributed by atoms with E-state index in [-0.39, 0.29) is 17.3 Å². The fourth-order valence-electron chi connectivity index (χ4n) is 1.60. The van der Waals surface area contributed by atoms with E-state index in [2.05, 4.69) is 5.32 Å². The molecular formula is C13H18F3NO2S. The van der Waals surface area contributed by atoms with Gasteiger partial charge in [0.1, 0.15) is 0 Å². The van der Waals surface area contributed by atoms with Crippen molar-refractivity contribution in [1.82, 2.24) is 5.32 Å². The first-order valence-corrected chi connectivity index (χ1v) is 7.11. The molecule has 0 atom stereocenters. The Morgan fingerprint density at radius 3 is 2.70 bits per heavy atom. The summed E-state index contributed by atoms with van der Waals surface area (Å²) in [5.74, 6) is 0.245. The van der Waals surface area contributed by atoms with Crippen LogP contribution in [-0.2, 0) is 17.5 Å². The van der Waals surface area contributed by atoms with Gasteiger partial charge in [-0.1, -0.05) is 6.07 Å². The van der Waals surface area contributed by atoms with Crippen molar-refractivity contribution in [3.05, 3.63) is 29.3 Å². The predicted octanol–water partition coefficient (Wildman–Crippen LogP) is 2.53. The van der Waals surface area contributed by atoms with Crippen molar-refractivity contribution in [2.45, 2.75) is 17.6 Å². The summed E-state index contributed by atoms with van der Waals surface area (Å²) in [6, 6.07) is 4.27. The van der Waals surface area contributed by atoms with Crippen LogP contribution in [0, 0.1) is 0 Å². The Kier molecular flexibility index (Phi) is 7.36. The number of hydrogen-bond acceptors (Lipinski definition) is 4. The average molecular weight is 309 g/mol. The van der Waals surface area contributed by atoms with Crippen molar-refractivity contribution in [2.24, 2.45) is 0 Å². The molecule has 0 aliphatic carbocycles. The van der Waals surface area contributed by atoms with Gasteiger partial charge in [-0.3, -0.25) is 0 Å². The van der Waals surface area contributed by atoms with E-state index in [1.54, 1.807) is 13.2 Å². The van der Waals surface area contributed by atoms with E-state index in [1.165, 1.54) is 6.07 Å². The molecule has 20 heavy (non-hydrogen) atoms. The van der Waals surface area contributed by atoms with Crippen molar-refractivity contribution < 1.29 is 23.0 Å². The third kappa shape index (κ3) is 5.70. The molecule has 0 aliphatic heterocycles. The predicted molar refractivity (Wildman–Crippen MR) is 72.8 cm³/mol. The Morgan fingerprint density at radius 2 is 2.10 bits per heavy atom. The number of aliphatic hydroxyl groups excluding tert-OH is 1. The first-order valence-electron chi connectivity index (χ1n) is 6.12. The molecule has 3 nitrogen and oxygen atoms in total. The molecule has 0 unspecified atom stereocenters. The summed E-state index contributed by atoms with van der Waals surface area (Å²) in [5, 5.41) is 11.7. The fourth-order valence-corrected chi connectivity index (χ4v) is 2.40. The molecule has 0 aliphatic rings. The lowest BCUT2D eigenvalue weighted by atomic mass is 10.1. The average Bonchev–Trinajstić information content (AvgIpc) is 2.41. The van der Waals surface area contributed by atoms with Gasteiger partial charge in [-0.2, -0.15) is 13.2 Å². The van der Waals surface area contributed by atoms with Crippen LogP contribution in [-0.4, -0.2) is 37.7 Å². The van der Waals surface area contributed by atoms with Gasteiger partial charge in [0, 0.05) is 30.8 Å². The van der Waals surface area contributed by atoms with Gasteiger partial charge in [-0.05, 0) is 17.7 Å². The quantitative estimate of drug-likeness (QED) is 0.572. The molecule has 7 heteroatoms. The van der Waals surface area contributed by atoms with Crippen LogP contribution in [0.4, 0.5) is 13.2 Å². The van der Waals surface area contributed by atoms with Crippen LogP contribution in [0.25, 0.3) is 0 Å². The third-order valence-electron chi connectivity index (χ3n) is 2.51. The first kappa shape index (κ1) is 17.3. The van der Waals surface area contributed by atoms with Crippen LogP contribution in [0.3, 0.4) is 0 Å². The van der Waals surface area contributed by atoms with Crippen LogP contribution in [0.5, 0.6) is 0 Å². The molecule has 0 bridgehead atoms. The molecule has 0 radical (unpaired) electrons. The summed E-state index contributed by atoms with van der Waals surface area (Å²) in [5.41, 5.74) is -0.0798. The molecule has 0 heterocycles. The maximum atomic E-state index is 13.0. The Morgan fingerprint density at radius 1 is 1.35 bits per heavy atom. The van der Waals surface area contributed by atoms with E-state index in [9.17, 15) is 13.2 Å². The van der Waals surface area contributed by atoms with Crippen LogP contribution < -0.4 is 5.32 Å². The Labute approximate surface area is 120 Å². The van der Waals surface area contributed by atoms with Gasteiger partial charge in [0.05, 0.1) is 18.8 Å². The molecule has 1 rings (SSSR count). The van der Waals surface area contributed by atoms with E-state index in [1.807, 2.05) is 0 Å². The largest absolute Gasteiger partial charge is 0.417 e. The Balaban J connectivity index is 2.79. The normalized spacial score (nSPS) is 11.8. The van der Waals surface area contributed by atoms with E-state index in [0.29, 0.717) is 25.3 Å². The van der Waals surface area contributed by atoms with Crippen molar-refractivity contribution >= 4 is 11.8 Å². The van der Waals surface area contributed by atoms with Gasteiger partial charge < -0.3 is 15.2 Å². The van der Waals surface area contributed by atoms with Crippen molar-refractivity contribution in [3.8, 4) is 0 Å². The number of halogens is 3. The van der Waals surface area contributed by atoms with E-state index >= 15 is 0 Å². The lowest BCUT2D eigenvalue weighted by Gasteiger charge is -2.14. The van der Waals surface area contributed by atoms with Gasteiger partial charge in [-0.15, -0.1) is 11.8 Å². The Bertz CT molecular complexity index is 413. The number of aliphatic hydroxyl groups is 1. The maximum Gasteiger partial charge on any atom is 0.417 e. The lowest BCUT2D eigenvalue weighted by molar-refractivity contribution is -0.139. The summed E-state index contributed by atoms with van der Waals surface area (Å²) < 4.78 is 43.8. The van der Waals surface area contributed by atoms with E-state index < -0.39 is 11.7 Å². The number of nitrogens with one attached hydrogen (secondary N) is 1. The molecule has 0 spiro atoms. The molecule has 0 saturated heterocycles. The number of thioether (sulfide) groups is 1. The summed E-state index contributed by atoms with van der Waals surface area (Å²) in [7, 11) is 1.57. The minimum Gasteiger partial charge on any atom is -0.396 e. The van der Waals surface area contributed by atoms with E-state index in [0.717, 1.165) is 17.8 Å². The van der Waals surface area contributed by atoms with Gasteiger partial charge in [0.15, 0.2) is 0 Å². The second-order valence-corrected chi connectivity index (χ2v) is 5.21. The van der Waals surface area contributed by atoms with Crippen LogP contribution in [0.2, 0.25) is 0 Å². The molecule has 0 fully saturated rings. The molecule has 1 aromatic carbocycles. The molecule has 0 amide bonds. The number of methoxy groups -OCH3 is 1.